The van der Waals surface area contributed by atoms with E-state index in [1.807, 2.05) is 6.92 Å². The van der Waals surface area contributed by atoms with Crippen molar-refractivity contribution in [1.29, 1.82) is 0 Å². The van der Waals surface area contributed by atoms with Crippen molar-refractivity contribution >= 4 is 35.0 Å². The minimum absolute atomic E-state index is 0.0320. The van der Waals surface area contributed by atoms with Crippen molar-refractivity contribution in [1.82, 2.24) is 20.6 Å². The van der Waals surface area contributed by atoms with E-state index in [2.05, 4.69) is 25.9 Å². The van der Waals surface area contributed by atoms with E-state index in [1.54, 1.807) is 0 Å². The quantitative estimate of drug-likeness (QED) is 0.577. The van der Waals surface area contributed by atoms with E-state index >= 15 is 0 Å². The smallest absolute Gasteiger partial charge is 0.272 e. The summed E-state index contributed by atoms with van der Waals surface area (Å²) in [6, 6.07) is 3.66. The largest absolute Gasteiger partial charge is 0.354 e. The maximum absolute atomic E-state index is 13.2. The lowest BCUT2D eigenvalue weighted by Crippen LogP contribution is -2.45. The van der Waals surface area contributed by atoms with Gasteiger partial charge in [-0.05, 0) is 43.4 Å². The number of aromatic amines is 1. The number of carbonyl (C=O) groups excluding carboxylic acids is 3. The Morgan fingerprint density at radius 2 is 2.00 bits per heavy atom. The van der Waals surface area contributed by atoms with Crippen LogP contribution in [0.4, 0.5) is 10.1 Å². The summed E-state index contributed by atoms with van der Waals surface area (Å²) < 4.78 is 13.2. The first kappa shape index (κ1) is 21.8. The summed E-state index contributed by atoms with van der Waals surface area (Å²) in [4.78, 5) is 43.6. The van der Waals surface area contributed by atoms with Gasteiger partial charge < -0.3 is 20.9 Å². The van der Waals surface area contributed by atoms with Crippen LogP contribution in [-0.2, 0) is 4.79 Å². The first-order chi connectivity index (χ1) is 14.3. The van der Waals surface area contributed by atoms with Gasteiger partial charge in [0.25, 0.3) is 11.8 Å². The summed E-state index contributed by atoms with van der Waals surface area (Å²) in [5.74, 6) is -1.74. The van der Waals surface area contributed by atoms with E-state index in [0.29, 0.717) is 24.9 Å². The van der Waals surface area contributed by atoms with Gasteiger partial charge in [-0.15, -0.1) is 0 Å². The molecule has 3 rings (SSSR count). The fourth-order valence-electron chi connectivity index (χ4n) is 3.68. The molecule has 30 heavy (non-hydrogen) atoms. The Morgan fingerprint density at radius 1 is 1.23 bits per heavy atom. The third-order valence-electron chi connectivity index (χ3n) is 5.35. The maximum Gasteiger partial charge on any atom is 0.272 e. The summed E-state index contributed by atoms with van der Waals surface area (Å²) in [6.45, 7) is 1.96. The van der Waals surface area contributed by atoms with Crippen LogP contribution in [-0.4, -0.2) is 40.8 Å². The molecule has 0 bridgehead atoms. The second kappa shape index (κ2) is 9.25. The Kier molecular flexibility index (Phi) is 6.71. The van der Waals surface area contributed by atoms with Gasteiger partial charge in [0.05, 0.1) is 17.0 Å². The predicted octanol–water partition coefficient (Wildman–Crippen LogP) is 2.74. The van der Waals surface area contributed by atoms with Gasteiger partial charge in [0.2, 0.25) is 5.91 Å². The van der Waals surface area contributed by atoms with Gasteiger partial charge >= 0.3 is 0 Å². The Morgan fingerprint density at radius 3 is 2.67 bits per heavy atom. The molecule has 3 amide bonds. The highest BCUT2D eigenvalue weighted by molar-refractivity contribution is 6.33. The highest BCUT2D eigenvalue weighted by Gasteiger charge is 2.33. The molecule has 0 radical (unpaired) electrons. The molecule has 2 aromatic rings. The Balaban J connectivity index is 1.58. The van der Waals surface area contributed by atoms with Crippen molar-refractivity contribution in [2.24, 2.45) is 11.8 Å². The van der Waals surface area contributed by atoms with Crippen molar-refractivity contribution in [2.75, 3.05) is 12.4 Å². The minimum atomic E-state index is -0.473. The van der Waals surface area contributed by atoms with Crippen LogP contribution in [0.2, 0.25) is 5.02 Å². The number of hydrogen-bond donors (Lipinski definition) is 4. The Hall–Kier alpha value is -2.94. The van der Waals surface area contributed by atoms with E-state index in [1.165, 1.54) is 25.5 Å². The van der Waals surface area contributed by atoms with Gasteiger partial charge in [0.15, 0.2) is 5.69 Å². The van der Waals surface area contributed by atoms with Crippen LogP contribution in [0.25, 0.3) is 0 Å². The molecule has 1 aromatic carbocycles. The molecule has 0 saturated heterocycles. The SMILES string of the molecule is CNC(=O)c1[nH]cnc1C(=O)NC1CCC(C(=O)Nc2ccc(F)cc2Cl)CC1C. The number of nitrogens with one attached hydrogen (secondary N) is 4. The van der Waals surface area contributed by atoms with Crippen LogP contribution in [0.3, 0.4) is 0 Å². The highest BCUT2D eigenvalue weighted by Crippen LogP contribution is 2.31. The minimum Gasteiger partial charge on any atom is -0.354 e. The fourth-order valence-corrected chi connectivity index (χ4v) is 3.89. The van der Waals surface area contributed by atoms with Crippen molar-refractivity contribution in [3.63, 3.8) is 0 Å². The van der Waals surface area contributed by atoms with Gasteiger partial charge in [-0.1, -0.05) is 18.5 Å². The van der Waals surface area contributed by atoms with E-state index in [0.717, 1.165) is 6.07 Å². The second-order valence-corrected chi connectivity index (χ2v) is 7.79. The average molecular weight is 436 g/mol. The van der Waals surface area contributed by atoms with Crippen molar-refractivity contribution in [3.8, 4) is 0 Å². The second-order valence-electron chi connectivity index (χ2n) is 7.39. The molecular weight excluding hydrogens is 413 g/mol. The fraction of sp³-hybridized carbons (Fsp3) is 0.400. The Bertz CT molecular complexity index is 964. The Labute approximate surface area is 178 Å². The lowest BCUT2D eigenvalue weighted by molar-refractivity contribution is -0.121. The summed E-state index contributed by atoms with van der Waals surface area (Å²) >= 11 is 5.98. The molecule has 1 saturated carbocycles. The molecule has 1 aromatic heterocycles. The van der Waals surface area contributed by atoms with Gasteiger partial charge in [0.1, 0.15) is 11.5 Å². The zero-order chi connectivity index (χ0) is 21.8. The summed E-state index contributed by atoms with van der Waals surface area (Å²) in [7, 11) is 1.47. The number of rotatable bonds is 5. The third-order valence-corrected chi connectivity index (χ3v) is 5.67. The molecule has 1 fully saturated rings. The van der Waals surface area contributed by atoms with E-state index in [4.69, 9.17) is 11.6 Å². The van der Waals surface area contributed by atoms with Gasteiger partial charge in [0, 0.05) is 19.0 Å². The molecule has 1 aliphatic rings. The molecular formula is C20H23ClFN5O3. The zero-order valence-electron chi connectivity index (χ0n) is 16.6. The van der Waals surface area contributed by atoms with Crippen LogP contribution in [0, 0.1) is 17.7 Å². The number of hydrogen-bond acceptors (Lipinski definition) is 4. The molecule has 4 N–H and O–H groups in total. The van der Waals surface area contributed by atoms with Gasteiger partial charge in [-0.2, -0.15) is 0 Å². The number of H-pyrrole nitrogens is 1. The monoisotopic (exact) mass is 435 g/mol. The normalized spacial score (nSPS) is 21.0. The topological polar surface area (TPSA) is 116 Å². The maximum atomic E-state index is 13.2. The third kappa shape index (κ3) is 4.79. The van der Waals surface area contributed by atoms with Crippen molar-refractivity contribution < 1.29 is 18.8 Å². The number of halogens is 2. The number of amides is 3. The van der Waals surface area contributed by atoms with Crippen LogP contribution in [0.1, 0.15) is 47.2 Å². The zero-order valence-corrected chi connectivity index (χ0v) is 17.3. The summed E-state index contributed by atoms with van der Waals surface area (Å²) in [5.41, 5.74) is 0.505. The number of aromatic nitrogens is 2. The molecule has 3 atom stereocenters. The molecule has 1 aliphatic carbocycles. The molecule has 10 heteroatoms. The number of nitrogens with zero attached hydrogens (tertiary/aromatic N) is 1. The molecule has 0 spiro atoms. The van der Waals surface area contributed by atoms with E-state index in [9.17, 15) is 18.8 Å². The number of anilines is 1. The van der Waals surface area contributed by atoms with Crippen molar-refractivity contribution in [3.05, 3.63) is 46.8 Å². The standard InChI is InChI=1S/C20H23ClFN5O3/c1-10-7-11(18(28)27-15-6-4-12(22)8-13(15)21)3-5-14(10)26-20(30)17-16(19(29)23-2)24-9-25-17/h4,6,8-11,14H,3,5,7H2,1-2H3,(H,23,29)(H,24,25)(H,26,30)(H,27,28). The molecule has 1 heterocycles. The first-order valence-electron chi connectivity index (χ1n) is 9.62. The van der Waals surface area contributed by atoms with E-state index in [-0.39, 0.29) is 40.2 Å². The number of carbonyl (C=O) groups is 3. The van der Waals surface area contributed by atoms with Crippen molar-refractivity contribution in [2.45, 2.75) is 32.2 Å². The summed E-state index contributed by atoms with van der Waals surface area (Å²) in [6.07, 6.45) is 3.04. The molecule has 160 valence electrons. The van der Waals surface area contributed by atoms with Crippen LogP contribution >= 0.6 is 11.6 Å². The lowest BCUT2D eigenvalue weighted by atomic mass is 9.78. The lowest BCUT2D eigenvalue weighted by Gasteiger charge is -2.34. The van der Waals surface area contributed by atoms with Gasteiger partial charge in [-0.25, -0.2) is 9.37 Å². The molecule has 8 nitrogen and oxygen atoms in total. The van der Waals surface area contributed by atoms with Gasteiger partial charge in [-0.3, -0.25) is 14.4 Å². The van der Waals surface area contributed by atoms with Crippen LogP contribution < -0.4 is 16.0 Å². The molecule has 3 unspecified atom stereocenters. The number of benzene rings is 1. The molecule has 0 aliphatic heterocycles. The van der Waals surface area contributed by atoms with Crippen LogP contribution in [0.5, 0.6) is 0 Å². The number of imidazole rings is 1. The summed E-state index contributed by atoms with van der Waals surface area (Å²) in [5, 5.41) is 8.26. The predicted molar refractivity (Wildman–Crippen MR) is 110 cm³/mol. The first-order valence-corrected chi connectivity index (χ1v) is 10.00. The highest BCUT2D eigenvalue weighted by atomic mass is 35.5. The van der Waals surface area contributed by atoms with E-state index < -0.39 is 17.6 Å². The average Bonchev–Trinajstić information content (AvgIpc) is 3.21. The van der Waals surface area contributed by atoms with Crippen LogP contribution in [0.15, 0.2) is 24.5 Å².